The van der Waals surface area contributed by atoms with Crippen molar-refractivity contribution in [2.24, 2.45) is 5.92 Å². The number of anilines is 1. The van der Waals surface area contributed by atoms with E-state index in [0.717, 1.165) is 70.4 Å². The van der Waals surface area contributed by atoms with Gasteiger partial charge in [0.05, 0.1) is 6.54 Å². The molecule has 132 valence electrons. The monoisotopic (exact) mass is 331 g/mol. The Bertz CT molecular complexity index is 507. The molecule has 1 aromatic heterocycles. The molecule has 2 aliphatic rings. The zero-order valence-electron chi connectivity index (χ0n) is 14.7. The van der Waals surface area contributed by atoms with Crippen LogP contribution in [0.5, 0.6) is 0 Å². The van der Waals surface area contributed by atoms with Crippen LogP contribution in [0.2, 0.25) is 0 Å². The normalized spacial score (nSPS) is 20.4. The Morgan fingerprint density at radius 2 is 1.92 bits per heavy atom. The first kappa shape index (κ1) is 17.2. The predicted molar refractivity (Wildman–Crippen MR) is 96.1 cm³/mol. The summed E-state index contributed by atoms with van der Waals surface area (Å²) in [6.07, 6.45) is 4.09. The fourth-order valence-corrected chi connectivity index (χ4v) is 3.64. The van der Waals surface area contributed by atoms with E-state index in [4.69, 9.17) is 0 Å². The third-order valence-corrected chi connectivity index (χ3v) is 5.16. The van der Waals surface area contributed by atoms with Gasteiger partial charge in [0.1, 0.15) is 5.82 Å². The van der Waals surface area contributed by atoms with Gasteiger partial charge in [-0.3, -0.25) is 9.69 Å². The van der Waals surface area contributed by atoms with E-state index in [1.165, 1.54) is 0 Å². The molecule has 2 saturated heterocycles. The molecule has 1 amide bonds. The van der Waals surface area contributed by atoms with Crippen LogP contribution in [0.15, 0.2) is 24.4 Å². The van der Waals surface area contributed by atoms with Crippen molar-refractivity contribution < 1.29 is 4.79 Å². The number of hydrogen-bond donors (Lipinski definition) is 1. The number of likely N-dealkylation sites (tertiary alicyclic amines) is 1. The average molecular weight is 331 g/mol. The number of carbonyl (C=O) groups excluding carboxylic acids is 1. The number of rotatable bonds is 5. The Kier molecular flexibility index (Phi) is 6.04. The maximum absolute atomic E-state index is 12.5. The maximum Gasteiger partial charge on any atom is 0.236 e. The van der Waals surface area contributed by atoms with E-state index in [1.54, 1.807) is 0 Å². The van der Waals surface area contributed by atoms with Gasteiger partial charge in [0.15, 0.2) is 0 Å². The second kappa shape index (κ2) is 8.44. The van der Waals surface area contributed by atoms with E-state index in [-0.39, 0.29) is 0 Å². The van der Waals surface area contributed by atoms with Crippen molar-refractivity contribution in [2.45, 2.75) is 12.8 Å². The average Bonchev–Trinajstić information content (AvgIpc) is 2.64. The highest BCUT2D eigenvalue weighted by molar-refractivity contribution is 5.78. The van der Waals surface area contributed by atoms with Crippen LogP contribution in [0, 0.1) is 5.92 Å². The molecular formula is C18H29N5O. The zero-order chi connectivity index (χ0) is 16.8. The summed E-state index contributed by atoms with van der Waals surface area (Å²) < 4.78 is 0. The second-order valence-electron chi connectivity index (χ2n) is 6.83. The molecule has 0 radical (unpaired) electrons. The zero-order valence-corrected chi connectivity index (χ0v) is 14.7. The van der Waals surface area contributed by atoms with Crippen LogP contribution in [-0.2, 0) is 4.79 Å². The third kappa shape index (κ3) is 4.45. The number of piperidine rings is 1. The van der Waals surface area contributed by atoms with Crippen molar-refractivity contribution in [1.82, 2.24) is 20.1 Å². The summed E-state index contributed by atoms with van der Waals surface area (Å²) >= 11 is 0. The van der Waals surface area contributed by atoms with Crippen molar-refractivity contribution in [3.05, 3.63) is 24.4 Å². The minimum Gasteiger partial charge on any atom is -0.354 e. The highest BCUT2D eigenvalue weighted by Gasteiger charge is 2.25. The Morgan fingerprint density at radius 3 is 2.54 bits per heavy atom. The standard InChI is InChI=1S/C18H29N5O/c1-19-14-16-5-8-23(9-6-16)18(24)15-21-10-12-22(13-11-21)17-4-2-3-7-20-17/h2-4,7,16,19H,5-6,8-15H2,1H3. The minimum atomic E-state index is 0.296. The molecule has 1 aromatic rings. The number of piperazine rings is 1. The topological polar surface area (TPSA) is 51.7 Å². The Morgan fingerprint density at radius 1 is 1.17 bits per heavy atom. The molecule has 1 N–H and O–H groups in total. The lowest BCUT2D eigenvalue weighted by molar-refractivity contribution is -0.133. The van der Waals surface area contributed by atoms with E-state index in [0.29, 0.717) is 12.5 Å². The fourth-order valence-electron chi connectivity index (χ4n) is 3.64. The van der Waals surface area contributed by atoms with Crippen LogP contribution >= 0.6 is 0 Å². The third-order valence-electron chi connectivity index (χ3n) is 5.16. The summed E-state index contributed by atoms with van der Waals surface area (Å²) in [6.45, 7) is 7.20. The molecule has 2 aliphatic heterocycles. The van der Waals surface area contributed by atoms with E-state index >= 15 is 0 Å². The van der Waals surface area contributed by atoms with Crippen LogP contribution in [0.3, 0.4) is 0 Å². The summed E-state index contributed by atoms with van der Waals surface area (Å²) in [5, 5.41) is 3.24. The molecular weight excluding hydrogens is 302 g/mol. The molecule has 0 spiro atoms. The molecule has 0 saturated carbocycles. The van der Waals surface area contributed by atoms with Gasteiger partial charge < -0.3 is 15.1 Å². The van der Waals surface area contributed by atoms with Gasteiger partial charge in [-0.25, -0.2) is 4.98 Å². The highest BCUT2D eigenvalue weighted by Crippen LogP contribution is 2.17. The summed E-state index contributed by atoms with van der Waals surface area (Å²) in [6, 6.07) is 6.02. The molecule has 0 unspecified atom stereocenters. The minimum absolute atomic E-state index is 0.296. The van der Waals surface area contributed by atoms with Gasteiger partial charge in [-0.2, -0.15) is 0 Å². The highest BCUT2D eigenvalue weighted by atomic mass is 16.2. The first-order valence-electron chi connectivity index (χ1n) is 9.07. The first-order chi connectivity index (χ1) is 11.8. The summed E-state index contributed by atoms with van der Waals surface area (Å²) in [5.41, 5.74) is 0. The summed E-state index contributed by atoms with van der Waals surface area (Å²) in [5.74, 6) is 2.06. The predicted octanol–water partition coefficient (Wildman–Crippen LogP) is 0.662. The second-order valence-corrected chi connectivity index (χ2v) is 6.83. The van der Waals surface area contributed by atoms with Gasteiger partial charge >= 0.3 is 0 Å². The quantitative estimate of drug-likeness (QED) is 0.859. The van der Waals surface area contributed by atoms with Gasteiger partial charge in [0.25, 0.3) is 0 Å². The van der Waals surface area contributed by atoms with Crippen LogP contribution in [0.4, 0.5) is 5.82 Å². The number of nitrogens with zero attached hydrogens (tertiary/aromatic N) is 4. The van der Waals surface area contributed by atoms with Crippen LogP contribution < -0.4 is 10.2 Å². The van der Waals surface area contributed by atoms with Crippen LogP contribution in [0.1, 0.15) is 12.8 Å². The van der Waals surface area contributed by atoms with E-state index < -0.39 is 0 Å². The van der Waals surface area contributed by atoms with Crippen molar-refractivity contribution in [1.29, 1.82) is 0 Å². The number of carbonyl (C=O) groups is 1. The lowest BCUT2D eigenvalue weighted by Crippen LogP contribution is -2.51. The van der Waals surface area contributed by atoms with Gasteiger partial charge in [-0.1, -0.05) is 6.07 Å². The van der Waals surface area contributed by atoms with Gasteiger partial charge in [0.2, 0.25) is 5.91 Å². The molecule has 24 heavy (non-hydrogen) atoms. The molecule has 3 rings (SSSR count). The molecule has 0 aromatic carbocycles. The Hall–Kier alpha value is -1.66. The number of hydrogen-bond acceptors (Lipinski definition) is 5. The Balaban J connectivity index is 1.41. The van der Waals surface area contributed by atoms with Gasteiger partial charge in [-0.15, -0.1) is 0 Å². The lowest BCUT2D eigenvalue weighted by Gasteiger charge is -2.37. The fraction of sp³-hybridized carbons (Fsp3) is 0.667. The molecule has 6 heteroatoms. The number of amides is 1. The first-order valence-corrected chi connectivity index (χ1v) is 9.07. The van der Waals surface area contributed by atoms with E-state index in [2.05, 4.69) is 31.1 Å². The number of nitrogens with one attached hydrogen (secondary N) is 1. The SMILES string of the molecule is CNCC1CCN(C(=O)CN2CCN(c3ccccn3)CC2)CC1. The van der Waals surface area contributed by atoms with Crippen LogP contribution in [-0.4, -0.2) is 80.1 Å². The molecule has 0 bridgehead atoms. The van der Waals surface area contributed by atoms with Crippen molar-refractivity contribution in [3.63, 3.8) is 0 Å². The van der Waals surface area contributed by atoms with Crippen molar-refractivity contribution in [2.75, 3.05) is 64.3 Å². The largest absolute Gasteiger partial charge is 0.354 e. The number of aromatic nitrogens is 1. The summed E-state index contributed by atoms with van der Waals surface area (Å²) in [4.78, 5) is 23.6. The van der Waals surface area contributed by atoms with Gasteiger partial charge in [0, 0.05) is 45.5 Å². The number of pyridine rings is 1. The maximum atomic E-state index is 12.5. The smallest absolute Gasteiger partial charge is 0.236 e. The van der Waals surface area contributed by atoms with Crippen LogP contribution in [0.25, 0.3) is 0 Å². The van der Waals surface area contributed by atoms with E-state index in [9.17, 15) is 4.79 Å². The molecule has 0 aliphatic carbocycles. The Labute approximate surface area is 144 Å². The molecule has 0 atom stereocenters. The van der Waals surface area contributed by atoms with Gasteiger partial charge in [-0.05, 0) is 44.5 Å². The molecule has 3 heterocycles. The summed E-state index contributed by atoms with van der Waals surface area (Å²) in [7, 11) is 2.00. The lowest BCUT2D eigenvalue weighted by atomic mass is 9.97. The van der Waals surface area contributed by atoms with E-state index in [1.807, 2.05) is 25.4 Å². The molecule has 2 fully saturated rings. The van der Waals surface area contributed by atoms with Crippen molar-refractivity contribution in [3.8, 4) is 0 Å². The molecule has 6 nitrogen and oxygen atoms in total. The van der Waals surface area contributed by atoms with Crippen molar-refractivity contribution >= 4 is 11.7 Å².